The smallest absolute Gasteiger partial charge is 0.251 e. The van der Waals surface area contributed by atoms with Crippen molar-refractivity contribution < 1.29 is 4.79 Å². The van der Waals surface area contributed by atoms with E-state index in [2.05, 4.69) is 12.2 Å². The summed E-state index contributed by atoms with van der Waals surface area (Å²) in [6.07, 6.45) is 3.39. The number of carbonyl (C=O) groups is 1. The highest BCUT2D eigenvalue weighted by molar-refractivity contribution is 5.95. The van der Waals surface area contributed by atoms with Crippen LogP contribution in [0.2, 0.25) is 0 Å². The number of nitrogens with one attached hydrogen (secondary N) is 1. The van der Waals surface area contributed by atoms with Gasteiger partial charge in [0, 0.05) is 12.1 Å². The number of amides is 1. The Labute approximate surface area is 109 Å². The van der Waals surface area contributed by atoms with Gasteiger partial charge in [-0.2, -0.15) is 0 Å². The van der Waals surface area contributed by atoms with Crippen LogP contribution in [0.25, 0.3) is 0 Å². The Hall–Kier alpha value is -1.35. The summed E-state index contributed by atoms with van der Waals surface area (Å²) in [6.45, 7) is 3.56. The van der Waals surface area contributed by atoms with Crippen LogP contribution in [0.1, 0.15) is 35.7 Å². The largest absolute Gasteiger partial charge is 0.352 e. The second-order valence-electron chi connectivity index (χ2n) is 5.22. The number of hydrogen-bond acceptors (Lipinski definition) is 2. The molecule has 1 atom stereocenters. The number of hydrogen-bond donors (Lipinski definition) is 2. The molecule has 2 rings (SSSR count). The molecule has 1 aliphatic rings. The predicted molar refractivity (Wildman–Crippen MR) is 73.4 cm³/mol. The SMILES string of the molecule is CC(CNC(=O)c1ccccc1CCN)C1CC1. The number of nitrogens with two attached hydrogens (primary N) is 1. The Balaban J connectivity index is 1.94. The average Bonchev–Trinajstić information content (AvgIpc) is 3.21. The molecular weight excluding hydrogens is 224 g/mol. The maximum absolute atomic E-state index is 12.1. The third kappa shape index (κ3) is 3.33. The fourth-order valence-corrected chi connectivity index (χ4v) is 2.30. The van der Waals surface area contributed by atoms with Crippen LogP contribution in [-0.4, -0.2) is 19.0 Å². The van der Waals surface area contributed by atoms with Gasteiger partial charge in [0.2, 0.25) is 0 Å². The van der Waals surface area contributed by atoms with E-state index in [1.54, 1.807) is 0 Å². The molecule has 1 amide bonds. The van der Waals surface area contributed by atoms with Crippen LogP contribution in [0.5, 0.6) is 0 Å². The summed E-state index contributed by atoms with van der Waals surface area (Å²) >= 11 is 0. The van der Waals surface area contributed by atoms with Crippen LogP contribution in [-0.2, 0) is 6.42 Å². The summed E-state index contributed by atoms with van der Waals surface area (Å²) in [4.78, 5) is 12.1. The summed E-state index contributed by atoms with van der Waals surface area (Å²) in [5, 5.41) is 3.04. The van der Waals surface area contributed by atoms with Gasteiger partial charge in [-0.1, -0.05) is 25.1 Å². The maximum Gasteiger partial charge on any atom is 0.251 e. The number of rotatable bonds is 6. The molecule has 3 heteroatoms. The molecule has 1 saturated carbocycles. The van der Waals surface area contributed by atoms with Gasteiger partial charge in [0.15, 0.2) is 0 Å². The molecule has 1 aliphatic carbocycles. The zero-order chi connectivity index (χ0) is 13.0. The minimum Gasteiger partial charge on any atom is -0.352 e. The molecule has 0 bridgehead atoms. The van der Waals surface area contributed by atoms with Crippen molar-refractivity contribution in [2.45, 2.75) is 26.2 Å². The molecule has 1 unspecified atom stereocenters. The van der Waals surface area contributed by atoms with Crippen molar-refractivity contribution in [1.82, 2.24) is 5.32 Å². The van der Waals surface area contributed by atoms with Crippen LogP contribution >= 0.6 is 0 Å². The van der Waals surface area contributed by atoms with Crippen molar-refractivity contribution in [3.05, 3.63) is 35.4 Å². The second kappa shape index (κ2) is 6.01. The Bertz CT molecular complexity index is 413. The number of carbonyl (C=O) groups excluding carboxylic acids is 1. The van der Waals surface area contributed by atoms with Crippen molar-refractivity contribution in [2.24, 2.45) is 17.6 Å². The first kappa shape index (κ1) is 13.1. The van der Waals surface area contributed by atoms with Crippen LogP contribution in [0.3, 0.4) is 0 Å². The normalized spacial score (nSPS) is 16.3. The van der Waals surface area contributed by atoms with Crippen LogP contribution in [0.4, 0.5) is 0 Å². The van der Waals surface area contributed by atoms with Gasteiger partial charge in [0.1, 0.15) is 0 Å². The molecule has 3 nitrogen and oxygen atoms in total. The third-order valence-electron chi connectivity index (χ3n) is 3.69. The second-order valence-corrected chi connectivity index (χ2v) is 5.22. The van der Waals surface area contributed by atoms with E-state index in [0.29, 0.717) is 12.5 Å². The molecule has 0 heterocycles. The van der Waals surface area contributed by atoms with E-state index < -0.39 is 0 Å². The first-order valence-corrected chi connectivity index (χ1v) is 6.78. The lowest BCUT2D eigenvalue weighted by atomic mass is 10.0. The van der Waals surface area contributed by atoms with Crippen molar-refractivity contribution in [2.75, 3.05) is 13.1 Å². The first-order valence-electron chi connectivity index (χ1n) is 6.78. The molecule has 0 spiro atoms. The van der Waals surface area contributed by atoms with Crippen molar-refractivity contribution >= 4 is 5.91 Å². The van der Waals surface area contributed by atoms with Gasteiger partial charge in [-0.25, -0.2) is 0 Å². The van der Waals surface area contributed by atoms with E-state index in [1.165, 1.54) is 12.8 Å². The lowest BCUT2D eigenvalue weighted by Gasteiger charge is -2.13. The monoisotopic (exact) mass is 246 g/mol. The molecule has 1 fully saturated rings. The average molecular weight is 246 g/mol. The van der Waals surface area contributed by atoms with Crippen LogP contribution < -0.4 is 11.1 Å². The van der Waals surface area contributed by atoms with Crippen LogP contribution in [0, 0.1) is 11.8 Å². The topological polar surface area (TPSA) is 55.1 Å². The van der Waals surface area contributed by atoms with Gasteiger partial charge < -0.3 is 11.1 Å². The van der Waals surface area contributed by atoms with Crippen molar-refractivity contribution in [3.8, 4) is 0 Å². The zero-order valence-electron chi connectivity index (χ0n) is 11.0. The molecule has 18 heavy (non-hydrogen) atoms. The first-order chi connectivity index (χ1) is 8.72. The summed E-state index contributed by atoms with van der Waals surface area (Å²) in [5.41, 5.74) is 7.38. The van der Waals surface area contributed by atoms with Gasteiger partial charge in [-0.05, 0) is 49.3 Å². The van der Waals surface area contributed by atoms with Gasteiger partial charge in [0.25, 0.3) is 5.91 Å². The fraction of sp³-hybridized carbons (Fsp3) is 0.533. The summed E-state index contributed by atoms with van der Waals surface area (Å²) in [7, 11) is 0. The van der Waals surface area contributed by atoms with E-state index in [4.69, 9.17) is 5.73 Å². The fourth-order valence-electron chi connectivity index (χ4n) is 2.30. The van der Waals surface area contributed by atoms with Gasteiger partial charge >= 0.3 is 0 Å². The maximum atomic E-state index is 12.1. The van der Waals surface area contributed by atoms with Gasteiger partial charge in [-0.3, -0.25) is 4.79 Å². The van der Waals surface area contributed by atoms with Gasteiger partial charge in [-0.15, -0.1) is 0 Å². The molecule has 1 aromatic carbocycles. The van der Waals surface area contributed by atoms with Crippen molar-refractivity contribution in [3.63, 3.8) is 0 Å². The molecule has 1 aromatic rings. The van der Waals surface area contributed by atoms with Crippen molar-refractivity contribution in [1.29, 1.82) is 0 Å². The molecule has 98 valence electrons. The quantitative estimate of drug-likeness (QED) is 0.806. The Morgan fingerprint density at radius 2 is 2.17 bits per heavy atom. The molecule has 0 aromatic heterocycles. The third-order valence-corrected chi connectivity index (χ3v) is 3.69. The summed E-state index contributed by atoms with van der Waals surface area (Å²) < 4.78 is 0. The summed E-state index contributed by atoms with van der Waals surface area (Å²) in [6, 6.07) is 7.71. The lowest BCUT2D eigenvalue weighted by Crippen LogP contribution is -2.30. The lowest BCUT2D eigenvalue weighted by molar-refractivity contribution is 0.0946. The van der Waals surface area contributed by atoms with Gasteiger partial charge in [0.05, 0.1) is 0 Å². The highest BCUT2D eigenvalue weighted by atomic mass is 16.1. The molecule has 0 aliphatic heterocycles. The minimum absolute atomic E-state index is 0.0338. The van der Waals surface area contributed by atoms with E-state index in [1.807, 2.05) is 24.3 Å². The van der Waals surface area contributed by atoms with E-state index in [-0.39, 0.29) is 5.91 Å². The predicted octanol–water partition coefficient (Wildman–Crippen LogP) is 1.96. The Kier molecular flexibility index (Phi) is 4.37. The Morgan fingerprint density at radius 1 is 1.44 bits per heavy atom. The zero-order valence-corrected chi connectivity index (χ0v) is 11.0. The Morgan fingerprint density at radius 3 is 2.83 bits per heavy atom. The van der Waals surface area contributed by atoms with E-state index in [9.17, 15) is 4.79 Å². The molecular formula is C15H22N2O. The minimum atomic E-state index is 0.0338. The highest BCUT2D eigenvalue weighted by Crippen LogP contribution is 2.36. The summed E-state index contributed by atoms with van der Waals surface area (Å²) in [5.74, 6) is 1.45. The van der Waals surface area contributed by atoms with E-state index in [0.717, 1.165) is 30.0 Å². The molecule has 3 N–H and O–H groups in total. The highest BCUT2D eigenvalue weighted by Gasteiger charge is 2.28. The molecule has 0 saturated heterocycles. The standard InChI is InChI=1S/C15H22N2O/c1-11(12-6-7-12)10-17-15(18)14-5-3-2-4-13(14)8-9-16/h2-5,11-12H,6-10,16H2,1H3,(H,17,18). The van der Waals surface area contributed by atoms with E-state index >= 15 is 0 Å². The molecule has 0 radical (unpaired) electrons. The number of benzene rings is 1. The van der Waals surface area contributed by atoms with Crippen LogP contribution in [0.15, 0.2) is 24.3 Å².